The molecule has 0 saturated heterocycles. The van der Waals surface area contributed by atoms with Gasteiger partial charge in [0.1, 0.15) is 12.4 Å². The molecule has 0 aliphatic heterocycles. The fourth-order valence-electron chi connectivity index (χ4n) is 14.0. The molecule has 0 heterocycles. The number of anilines is 3. The standard InChI is InChI=1S/C79H69NO/c1-53(2)46-73(54(3)4)60-32-30-57(31-33-60)52-81-68-42-36-63(37-43-68)79(64-48-55(5)47-56(6)49-64)75-29-19-17-27-70(75)72-45-41-67(51-77(72)79)80(65-38-34-59(35-39-65)58-20-10-7-11-21-58)66-40-44-71-69-26-16-18-28-74(69)78(76(71)50-66,61-22-12-8-13-23-61)62-24-14-9-15-25-62/h7-45,47-51,53-54,73H,46,52H2,1-6H3. The van der Waals surface area contributed by atoms with Crippen molar-refractivity contribution in [2.45, 2.75) is 71.3 Å². The molecule has 11 aromatic carbocycles. The third kappa shape index (κ3) is 8.99. The van der Waals surface area contributed by atoms with E-state index in [9.17, 15) is 0 Å². The predicted molar refractivity (Wildman–Crippen MR) is 338 cm³/mol. The van der Waals surface area contributed by atoms with E-state index in [0.29, 0.717) is 24.4 Å². The van der Waals surface area contributed by atoms with E-state index in [-0.39, 0.29) is 0 Å². The number of hydrogen-bond donors (Lipinski definition) is 0. The Morgan fingerprint density at radius 1 is 0.370 bits per heavy atom. The van der Waals surface area contributed by atoms with E-state index in [2.05, 4.69) is 313 Å². The zero-order valence-electron chi connectivity index (χ0n) is 47.4. The number of ether oxygens (including phenoxy) is 1. The highest BCUT2D eigenvalue weighted by Crippen LogP contribution is 2.60. The number of benzene rings is 11. The zero-order chi connectivity index (χ0) is 55.2. The summed E-state index contributed by atoms with van der Waals surface area (Å²) in [6.45, 7) is 14.3. The van der Waals surface area contributed by atoms with Gasteiger partial charge in [-0.1, -0.05) is 257 Å². The Balaban J connectivity index is 0.976. The van der Waals surface area contributed by atoms with Crippen LogP contribution in [0.3, 0.4) is 0 Å². The lowest BCUT2D eigenvalue weighted by atomic mass is 9.67. The molecule has 2 atom stereocenters. The molecule has 2 unspecified atom stereocenters. The summed E-state index contributed by atoms with van der Waals surface area (Å²) >= 11 is 0. The molecule has 0 amide bonds. The summed E-state index contributed by atoms with van der Waals surface area (Å²) in [5, 5.41) is 0. The third-order valence-corrected chi connectivity index (χ3v) is 17.5. The van der Waals surface area contributed by atoms with Crippen LogP contribution in [0.2, 0.25) is 0 Å². The lowest BCUT2D eigenvalue weighted by Gasteiger charge is -2.36. The second-order valence-electron chi connectivity index (χ2n) is 23.4. The van der Waals surface area contributed by atoms with Crippen LogP contribution < -0.4 is 9.64 Å². The molecule has 0 bridgehead atoms. The summed E-state index contributed by atoms with van der Waals surface area (Å²) in [6, 6.07) is 99.9. The lowest BCUT2D eigenvalue weighted by molar-refractivity contribution is 0.306. The van der Waals surface area contributed by atoms with Crippen molar-refractivity contribution in [2.24, 2.45) is 11.8 Å². The molecule has 13 rings (SSSR count). The van der Waals surface area contributed by atoms with Gasteiger partial charge in [0.15, 0.2) is 0 Å². The van der Waals surface area contributed by atoms with Crippen LogP contribution in [0.5, 0.6) is 5.75 Å². The summed E-state index contributed by atoms with van der Waals surface area (Å²) in [5.74, 6) is 2.64. The van der Waals surface area contributed by atoms with E-state index in [4.69, 9.17) is 4.74 Å². The molecule has 0 saturated carbocycles. The molecule has 0 radical (unpaired) electrons. The molecule has 2 aliphatic carbocycles. The molecule has 0 spiro atoms. The first-order valence-electron chi connectivity index (χ1n) is 29.1. The molecule has 11 aromatic rings. The van der Waals surface area contributed by atoms with Crippen molar-refractivity contribution in [2.75, 3.05) is 4.90 Å². The van der Waals surface area contributed by atoms with Gasteiger partial charge in [0.2, 0.25) is 0 Å². The summed E-state index contributed by atoms with van der Waals surface area (Å²) in [7, 11) is 0. The molecule has 2 heteroatoms. The van der Waals surface area contributed by atoms with Crippen LogP contribution in [0.15, 0.2) is 267 Å². The van der Waals surface area contributed by atoms with Crippen molar-refractivity contribution in [1.82, 2.24) is 0 Å². The smallest absolute Gasteiger partial charge is 0.119 e. The quantitative estimate of drug-likeness (QED) is 0.101. The van der Waals surface area contributed by atoms with Crippen molar-refractivity contribution in [3.8, 4) is 39.1 Å². The van der Waals surface area contributed by atoms with Crippen molar-refractivity contribution in [3.05, 3.63) is 334 Å². The van der Waals surface area contributed by atoms with E-state index < -0.39 is 10.8 Å². The van der Waals surface area contributed by atoms with Crippen molar-refractivity contribution in [1.29, 1.82) is 0 Å². The van der Waals surface area contributed by atoms with Gasteiger partial charge in [-0.2, -0.15) is 0 Å². The maximum Gasteiger partial charge on any atom is 0.119 e. The maximum atomic E-state index is 6.64. The number of aryl methyl sites for hydroxylation is 2. The minimum atomic E-state index is -0.659. The average Bonchev–Trinajstić information content (AvgIpc) is 2.43. The molecule has 396 valence electrons. The Morgan fingerprint density at radius 2 is 0.815 bits per heavy atom. The van der Waals surface area contributed by atoms with Crippen LogP contribution in [0.25, 0.3) is 33.4 Å². The van der Waals surface area contributed by atoms with Gasteiger partial charge in [-0.3, -0.25) is 0 Å². The molecule has 0 aromatic heterocycles. The molecule has 0 N–H and O–H groups in total. The first-order chi connectivity index (χ1) is 39.6. The Bertz CT molecular complexity index is 3970. The summed E-state index contributed by atoms with van der Waals surface area (Å²) < 4.78 is 6.64. The van der Waals surface area contributed by atoms with E-state index >= 15 is 0 Å². The van der Waals surface area contributed by atoms with Gasteiger partial charge in [-0.25, -0.2) is 0 Å². The van der Waals surface area contributed by atoms with Crippen molar-refractivity contribution >= 4 is 17.1 Å². The SMILES string of the molecule is Cc1cc(C)cc(C2(c3ccc(OCc4ccc(C(CC(C)C)C(C)C)cc4)cc3)c3ccccc3-c3ccc(N(c4ccc(-c5ccccc5)cc4)c4ccc5c(c4)C(c4ccccc4)(c4ccccc4)c4ccccc4-5)cc32)c1. The summed E-state index contributed by atoms with van der Waals surface area (Å²) in [6.07, 6.45) is 1.19. The van der Waals surface area contributed by atoms with Crippen LogP contribution in [0.4, 0.5) is 17.1 Å². The molecule has 81 heavy (non-hydrogen) atoms. The Kier molecular flexibility index (Phi) is 13.5. The van der Waals surface area contributed by atoms with Crippen LogP contribution in [-0.2, 0) is 17.4 Å². The fraction of sp³-hybridized carbons (Fsp3) is 0.165. The van der Waals surface area contributed by atoms with Crippen LogP contribution in [-0.4, -0.2) is 0 Å². The predicted octanol–water partition coefficient (Wildman–Crippen LogP) is 20.5. The Hall–Kier alpha value is -8.98. The van der Waals surface area contributed by atoms with Gasteiger partial charge in [0, 0.05) is 17.1 Å². The monoisotopic (exact) mass is 1050 g/mol. The first-order valence-corrected chi connectivity index (χ1v) is 29.1. The highest BCUT2D eigenvalue weighted by molar-refractivity contribution is 5.92. The molecule has 0 fully saturated rings. The highest BCUT2D eigenvalue weighted by Gasteiger charge is 2.48. The minimum Gasteiger partial charge on any atom is -0.489 e. The second kappa shape index (κ2) is 21.2. The van der Waals surface area contributed by atoms with Crippen LogP contribution >= 0.6 is 0 Å². The van der Waals surface area contributed by atoms with Crippen molar-refractivity contribution < 1.29 is 4.74 Å². The summed E-state index contributed by atoms with van der Waals surface area (Å²) in [4.78, 5) is 2.49. The number of hydrogen-bond acceptors (Lipinski definition) is 2. The zero-order valence-corrected chi connectivity index (χ0v) is 47.4. The van der Waals surface area contributed by atoms with Gasteiger partial charge in [-0.05, 0) is 176 Å². The maximum absolute atomic E-state index is 6.64. The second-order valence-corrected chi connectivity index (χ2v) is 23.4. The Morgan fingerprint density at radius 3 is 1.33 bits per heavy atom. The minimum absolute atomic E-state index is 0.502. The molecule has 2 nitrogen and oxygen atoms in total. The van der Waals surface area contributed by atoms with Crippen LogP contribution in [0, 0.1) is 25.7 Å². The van der Waals surface area contributed by atoms with E-state index in [1.54, 1.807) is 0 Å². The van der Waals surface area contributed by atoms with Gasteiger partial charge in [0.25, 0.3) is 0 Å². The first kappa shape index (κ1) is 51.5. The number of fused-ring (bicyclic) bond motifs is 6. The van der Waals surface area contributed by atoms with E-state index in [1.165, 1.54) is 107 Å². The average molecular weight is 1050 g/mol. The topological polar surface area (TPSA) is 12.5 Å². The third-order valence-electron chi connectivity index (χ3n) is 17.5. The lowest BCUT2D eigenvalue weighted by Crippen LogP contribution is -2.29. The number of rotatable bonds is 15. The van der Waals surface area contributed by atoms with Gasteiger partial charge < -0.3 is 9.64 Å². The number of nitrogens with zero attached hydrogens (tertiary/aromatic N) is 1. The van der Waals surface area contributed by atoms with E-state index in [1.807, 2.05) is 0 Å². The highest BCUT2D eigenvalue weighted by atomic mass is 16.5. The van der Waals surface area contributed by atoms with Gasteiger partial charge in [-0.15, -0.1) is 0 Å². The largest absolute Gasteiger partial charge is 0.489 e. The van der Waals surface area contributed by atoms with Gasteiger partial charge >= 0.3 is 0 Å². The van der Waals surface area contributed by atoms with Gasteiger partial charge in [0.05, 0.1) is 10.8 Å². The fourth-order valence-corrected chi connectivity index (χ4v) is 14.0. The molecular weight excluding hydrogens is 979 g/mol. The normalized spacial score (nSPS) is 15.0. The van der Waals surface area contributed by atoms with E-state index in [0.717, 1.165) is 22.8 Å². The van der Waals surface area contributed by atoms with Crippen molar-refractivity contribution in [3.63, 3.8) is 0 Å². The van der Waals surface area contributed by atoms with Crippen LogP contribution in [0.1, 0.15) is 107 Å². The molecular formula is C79H69NO. The Labute approximate surface area is 480 Å². The summed E-state index contributed by atoms with van der Waals surface area (Å²) in [5.41, 5.74) is 24.5. The molecule has 2 aliphatic rings.